The highest BCUT2D eigenvalue weighted by Gasteiger charge is 2.30. The van der Waals surface area contributed by atoms with Crippen LogP contribution in [-0.4, -0.2) is 40.7 Å². The lowest BCUT2D eigenvalue weighted by atomic mass is 10.0. The van der Waals surface area contributed by atoms with Crippen molar-refractivity contribution in [1.82, 2.24) is 5.32 Å². The van der Waals surface area contributed by atoms with Crippen molar-refractivity contribution in [2.45, 2.75) is 38.8 Å². The maximum atomic E-state index is 11.3. The van der Waals surface area contributed by atoms with Crippen LogP contribution in [0.1, 0.15) is 27.2 Å². The molecule has 1 amide bonds. The molecule has 0 saturated heterocycles. The first-order valence-corrected chi connectivity index (χ1v) is 6.34. The molecule has 0 aromatic carbocycles. The van der Waals surface area contributed by atoms with Crippen LogP contribution in [0, 0.1) is 0 Å². The van der Waals surface area contributed by atoms with Crippen molar-refractivity contribution in [3.05, 3.63) is 0 Å². The summed E-state index contributed by atoms with van der Waals surface area (Å²) in [5.74, 6) is 1.16. The molecule has 0 bridgehead atoms. The molecular formula is C10H22N2O2S. The molecule has 4 N–H and O–H groups in total. The van der Waals surface area contributed by atoms with Gasteiger partial charge in [-0.15, -0.1) is 0 Å². The number of hydrogen-bond acceptors (Lipinski definition) is 4. The number of nitrogens with two attached hydrogens (primary N) is 1. The van der Waals surface area contributed by atoms with Gasteiger partial charge in [0, 0.05) is 18.4 Å². The maximum absolute atomic E-state index is 11.3. The van der Waals surface area contributed by atoms with Crippen LogP contribution < -0.4 is 11.1 Å². The van der Waals surface area contributed by atoms with E-state index in [1.54, 1.807) is 11.8 Å². The zero-order valence-electron chi connectivity index (χ0n) is 9.75. The Morgan fingerprint density at radius 1 is 1.60 bits per heavy atom. The summed E-state index contributed by atoms with van der Waals surface area (Å²) in [5, 5.41) is 11.8. The molecule has 0 aliphatic rings. The van der Waals surface area contributed by atoms with Crippen molar-refractivity contribution in [2.75, 3.05) is 18.1 Å². The van der Waals surface area contributed by atoms with Crippen molar-refractivity contribution in [3.8, 4) is 0 Å². The Hall–Kier alpha value is -0.260. The van der Waals surface area contributed by atoms with Crippen LogP contribution in [0.15, 0.2) is 0 Å². The fraction of sp³-hybridized carbons (Fsp3) is 0.900. The third-order valence-electron chi connectivity index (χ3n) is 1.99. The normalized spacial score (nSPS) is 15.3. The standard InChI is InChI=1S/C10H22N2O2S/c1-8(2)12-10(3,9(11)14)7-15-6-4-5-13/h8,12-13H,4-7H2,1-3H3,(H2,11,14). The van der Waals surface area contributed by atoms with Crippen LogP contribution in [0.3, 0.4) is 0 Å². The van der Waals surface area contributed by atoms with Gasteiger partial charge in [-0.2, -0.15) is 11.8 Å². The second-order valence-electron chi connectivity index (χ2n) is 4.13. The van der Waals surface area contributed by atoms with Gasteiger partial charge in [0.1, 0.15) is 5.54 Å². The SMILES string of the molecule is CC(C)NC(C)(CSCCCO)C(N)=O. The van der Waals surface area contributed by atoms with Crippen LogP contribution >= 0.6 is 11.8 Å². The van der Waals surface area contributed by atoms with Crippen LogP contribution in [0.25, 0.3) is 0 Å². The third kappa shape index (κ3) is 6.02. The molecule has 0 fully saturated rings. The predicted molar refractivity (Wildman–Crippen MR) is 64.9 cm³/mol. The summed E-state index contributed by atoms with van der Waals surface area (Å²) >= 11 is 1.63. The maximum Gasteiger partial charge on any atom is 0.238 e. The van der Waals surface area contributed by atoms with Crippen molar-refractivity contribution < 1.29 is 9.90 Å². The van der Waals surface area contributed by atoms with Crippen molar-refractivity contribution in [2.24, 2.45) is 5.73 Å². The molecule has 0 aliphatic heterocycles. The second-order valence-corrected chi connectivity index (χ2v) is 5.23. The molecule has 90 valence electrons. The molecule has 15 heavy (non-hydrogen) atoms. The Morgan fingerprint density at radius 2 is 2.20 bits per heavy atom. The van der Waals surface area contributed by atoms with Gasteiger partial charge in [0.25, 0.3) is 0 Å². The number of primary amides is 1. The molecular weight excluding hydrogens is 212 g/mol. The van der Waals surface area contributed by atoms with E-state index in [4.69, 9.17) is 10.8 Å². The summed E-state index contributed by atoms with van der Waals surface area (Å²) in [6.07, 6.45) is 0.751. The predicted octanol–water partition coefficient (Wildman–Crippen LogP) is 0.344. The highest BCUT2D eigenvalue weighted by atomic mass is 32.2. The number of carbonyl (C=O) groups is 1. The van der Waals surface area contributed by atoms with Gasteiger partial charge < -0.3 is 16.2 Å². The van der Waals surface area contributed by atoms with Crippen LogP contribution in [0.4, 0.5) is 0 Å². The molecule has 4 nitrogen and oxygen atoms in total. The quantitative estimate of drug-likeness (QED) is 0.530. The summed E-state index contributed by atoms with van der Waals surface area (Å²) in [4.78, 5) is 11.3. The molecule has 0 radical (unpaired) electrons. The van der Waals surface area contributed by atoms with E-state index < -0.39 is 5.54 Å². The molecule has 0 aromatic rings. The molecule has 0 saturated carbocycles. The van der Waals surface area contributed by atoms with E-state index in [0.29, 0.717) is 5.75 Å². The number of carbonyl (C=O) groups excluding carboxylic acids is 1. The van der Waals surface area contributed by atoms with Crippen LogP contribution in [-0.2, 0) is 4.79 Å². The Labute approximate surface area is 96.0 Å². The first-order chi connectivity index (χ1) is 6.92. The van der Waals surface area contributed by atoms with E-state index in [1.807, 2.05) is 20.8 Å². The summed E-state index contributed by atoms with van der Waals surface area (Å²) in [5.41, 5.74) is 4.71. The fourth-order valence-electron chi connectivity index (χ4n) is 1.26. The summed E-state index contributed by atoms with van der Waals surface area (Å²) in [6.45, 7) is 5.98. The van der Waals surface area contributed by atoms with Crippen LogP contribution in [0.2, 0.25) is 0 Å². The first-order valence-electron chi connectivity index (χ1n) is 5.18. The van der Waals surface area contributed by atoms with E-state index in [2.05, 4.69) is 5.32 Å². The van der Waals surface area contributed by atoms with Gasteiger partial charge in [-0.1, -0.05) is 0 Å². The minimum absolute atomic E-state index is 0.192. The van der Waals surface area contributed by atoms with Crippen molar-refractivity contribution in [1.29, 1.82) is 0 Å². The smallest absolute Gasteiger partial charge is 0.238 e. The minimum Gasteiger partial charge on any atom is -0.396 e. The molecule has 0 rings (SSSR count). The number of thioether (sulfide) groups is 1. The van der Waals surface area contributed by atoms with Gasteiger partial charge in [-0.25, -0.2) is 0 Å². The number of rotatable bonds is 8. The van der Waals surface area contributed by atoms with Crippen molar-refractivity contribution >= 4 is 17.7 Å². The number of amides is 1. The van der Waals surface area contributed by atoms with Gasteiger partial charge in [0.15, 0.2) is 0 Å². The van der Waals surface area contributed by atoms with E-state index in [-0.39, 0.29) is 18.6 Å². The second kappa shape index (κ2) is 7.09. The lowest BCUT2D eigenvalue weighted by Crippen LogP contribution is -2.57. The largest absolute Gasteiger partial charge is 0.396 e. The molecule has 1 unspecified atom stereocenters. The van der Waals surface area contributed by atoms with E-state index in [0.717, 1.165) is 12.2 Å². The van der Waals surface area contributed by atoms with E-state index >= 15 is 0 Å². The average molecular weight is 234 g/mol. The molecule has 0 heterocycles. The van der Waals surface area contributed by atoms with Gasteiger partial charge in [-0.05, 0) is 32.9 Å². The van der Waals surface area contributed by atoms with Gasteiger partial charge in [0.2, 0.25) is 5.91 Å². The van der Waals surface area contributed by atoms with E-state index in [1.165, 1.54) is 0 Å². The first kappa shape index (κ1) is 14.7. The van der Waals surface area contributed by atoms with Gasteiger partial charge >= 0.3 is 0 Å². The van der Waals surface area contributed by atoms with Crippen LogP contribution in [0.5, 0.6) is 0 Å². The summed E-state index contributed by atoms with van der Waals surface area (Å²) < 4.78 is 0. The van der Waals surface area contributed by atoms with E-state index in [9.17, 15) is 4.79 Å². The number of aliphatic hydroxyl groups is 1. The topological polar surface area (TPSA) is 75.3 Å². The Kier molecular flexibility index (Phi) is 6.96. The zero-order chi connectivity index (χ0) is 11.9. The minimum atomic E-state index is -0.658. The lowest BCUT2D eigenvalue weighted by Gasteiger charge is -2.29. The zero-order valence-corrected chi connectivity index (χ0v) is 10.6. The monoisotopic (exact) mass is 234 g/mol. The van der Waals surface area contributed by atoms with Gasteiger partial charge in [0.05, 0.1) is 0 Å². The number of nitrogens with one attached hydrogen (secondary N) is 1. The molecule has 0 aliphatic carbocycles. The van der Waals surface area contributed by atoms with Gasteiger partial charge in [-0.3, -0.25) is 4.79 Å². The highest BCUT2D eigenvalue weighted by molar-refractivity contribution is 7.99. The number of aliphatic hydroxyl groups excluding tert-OH is 1. The summed E-state index contributed by atoms with van der Waals surface area (Å²) in [7, 11) is 0. The molecule has 0 spiro atoms. The average Bonchev–Trinajstić information content (AvgIpc) is 2.11. The highest BCUT2D eigenvalue weighted by Crippen LogP contribution is 2.14. The third-order valence-corrected chi connectivity index (χ3v) is 3.35. The fourth-order valence-corrected chi connectivity index (χ4v) is 2.38. The Morgan fingerprint density at radius 3 is 2.60 bits per heavy atom. The molecule has 5 heteroatoms. The molecule has 1 atom stereocenters. The summed E-state index contributed by atoms with van der Waals surface area (Å²) in [6, 6.07) is 0.223. The Balaban J connectivity index is 4.08. The number of hydrogen-bond donors (Lipinski definition) is 3. The molecule has 0 aromatic heterocycles. The lowest BCUT2D eigenvalue weighted by molar-refractivity contribution is -0.123. The Bertz CT molecular complexity index is 200. The van der Waals surface area contributed by atoms with Crippen molar-refractivity contribution in [3.63, 3.8) is 0 Å².